The summed E-state index contributed by atoms with van der Waals surface area (Å²) in [4.78, 5) is 0. The standard InChI is InChI=1S/C10H23NO/c1-2-3-4-5-6-7-10(12)8-9-11/h10,12H,2-9,11H2,1H3/t10-/m1/s1. The lowest BCUT2D eigenvalue weighted by molar-refractivity contribution is 0.153. The van der Waals surface area contributed by atoms with E-state index >= 15 is 0 Å². The molecule has 0 amide bonds. The number of hydrogen-bond donors (Lipinski definition) is 2. The summed E-state index contributed by atoms with van der Waals surface area (Å²) < 4.78 is 0. The summed E-state index contributed by atoms with van der Waals surface area (Å²) in [5.41, 5.74) is 5.32. The van der Waals surface area contributed by atoms with Crippen LogP contribution in [-0.2, 0) is 0 Å². The summed E-state index contributed by atoms with van der Waals surface area (Å²) in [6.45, 7) is 2.82. The van der Waals surface area contributed by atoms with Crippen LogP contribution in [-0.4, -0.2) is 17.8 Å². The smallest absolute Gasteiger partial charge is 0.0552 e. The summed E-state index contributed by atoms with van der Waals surface area (Å²) in [6, 6.07) is 0. The number of aliphatic hydroxyl groups is 1. The molecule has 3 N–H and O–H groups in total. The Labute approximate surface area is 76.2 Å². The van der Waals surface area contributed by atoms with Gasteiger partial charge < -0.3 is 10.8 Å². The average molecular weight is 173 g/mol. The molecule has 0 aliphatic heterocycles. The molecule has 0 saturated carbocycles. The van der Waals surface area contributed by atoms with E-state index in [1.807, 2.05) is 0 Å². The van der Waals surface area contributed by atoms with Crippen molar-refractivity contribution in [2.45, 2.75) is 58.0 Å². The molecule has 0 bridgehead atoms. The van der Waals surface area contributed by atoms with Gasteiger partial charge >= 0.3 is 0 Å². The first-order valence-electron chi connectivity index (χ1n) is 5.19. The van der Waals surface area contributed by atoms with Gasteiger partial charge in [-0.1, -0.05) is 39.0 Å². The average Bonchev–Trinajstić information content (AvgIpc) is 2.05. The van der Waals surface area contributed by atoms with Crippen molar-refractivity contribution in [1.29, 1.82) is 0 Å². The summed E-state index contributed by atoms with van der Waals surface area (Å²) in [6.07, 6.45) is 7.87. The highest BCUT2D eigenvalue weighted by Gasteiger charge is 2.01. The highest BCUT2D eigenvalue weighted by atomic mass is 16.3. The number of unbranched alkanes of at least 4 members (excludes halogenated alkanes) is 4. The molecule has 0 rings (SSSR count). The molecule has 12 heavy (non-hydrogen) atoms. The first-order chi connectivity index (χ1) is 5.81. The maximum absolute atomic E-state index is 9.33. The third-order valence-electron chi connectivity index (χ3n) is 2.14. The molecule has 0 aromatic rings. The van der Waals surface area contributed by atoms with Crippen LogP contribution >= 0.6 is 0 Å². The largest absolute Gasteiger partial charge is 0.393 e. The molecule has 0 fully saturated rings. The molecule has 0 aliphatic rings. The van der Waals surface area contributed by atoms with Gasteiger partial charge in [0, 0.05) is 0 Å². The van der Waals surface area contributed by atoms with E-state index in [-0.39, 0.29) is 6.10 Å². The first kappa shape index (κ1) is 11.9. The molecule has 74 valence electrons. The second-order valence-electron chi connectivity index (χ2n) is 3.43. The lowest BCUT2D eigenvalue weighted by Gasteiger charge is -2.07. The molecule has 2 nitrogen and oxygen atoms in total. The molecule has 2 heteroatoms. The zero-order chi connectivity index (χ0) is 9.23. The summed E-state index contributed by atoms with van der Waals surface area (Å²) in [5, 5.41) is 9.33. The maximum Gasteiger partial charge on any atom is 0.0552 e. The molecule has 0 saturated heterocycles. The Kier molecular flexibility index (Phi) is 8.95. The third-order valence-corrected chi connectivity index (χ3v) is 2.14. The molecule has 0 unspecified atom stereocenters. The van der Waals surface area contributed by atoms with E-state index in [1.165, 1.54) is 25.7 Å². The molecule has 1 atom stereocenters. The topological polar surface area (TPSA) is 46.2 Å². The molecular formula is C10H23NO. The zero-order valence-corrected chi connectivity index (χ0v) is 8.26. The molecule has 0 radical (unpaired) electrons. The van der Waals surface area contributed by atoms with Crippen molar-refractivity contribution in [3.05, 3.63) is 0 Å². The van der Waals surface area contributed by atoms with E-state index in [9.17, 15) is 5.11 Å². The Balaban J connectivity index is 2.97. The van der Waals surface area contributed by atoms with Gasteiger partial charge in [-0.15, -0.1) is 0 Å². The third kappa shape index (κ3) is 8.02. The summed E-state index contributed by atoms with van der Waals surface area (Å²) in [7, 11) is 0. The van der Waals surface area contributed by atoms with E-state index in [4.69, 9.17) is 5.73 Å². The Bertz CT molecular complexity index is 85.9. The second-order valence-corrected chi connectivity index (χ2v) is 3.43. The minimum atomic E-state index is -0.156. The summed E-state index contributed by atoms with van der Waals surface area (Å²) >= 11 is 0. The van der Waals surface area contributed by atoms with Gasteiger partial charge in [-0.25, -0.2) is 0 Å². The monoisotopic (exact) mass is 173 g/mol. The van der Waals surface area contributed by atoms with Gasteiger partial charge in [0.05, 0.1) is 6.10 Å². The highest BCUT2D eigenvalue weighted by Crippen LogP contribution is 2.08. The number of nitrogens with two attached hydrogens (primary N) is 1. The Hall–Kier alpha value is -0.0800. The fraction of sp³-hybridized carbons (Fsp3) is 1.00. The van der Waals surface area contributed by atoms with Crippen molar-refractivity contribution in [3.8, 4) is 0 Å². The quantitative estimate of drug-likeness (QED) is 0.552. The lowest BCUT2D eigenvalue weighted by Crippen LogP contribution is -2.12. The molecule has 0 aromatic carbocycles. The normalized spacial score (nSPS) is 13.2. The van der Waals surface area contributed by atoms with E-state index in [2.05, 4.69) is 6.92 Å². The van der Waals surface area contributed by atoms with Crippen LogP contribution < -0.4 is 5.73 Å². The van der Waals surface area contributed by atoms with Gasteiger partial charge in [-0.3, -0.25) is 0 Å². The van der Waals surface area contributed by atoms with Crippen molar-refractivity contribution in [1.82, 2.24) is 0 Å². The van der Waals surface area contributed by atoms with Crippen LogP contribution in [0, 0.1) is 0 Å². The van der Waals surface area contributed by atoms with Crippen LogP contribution in [0.3, 0.4) is 0 Å². The Morgan fingerprint density at radius 1 is 1.08 bits per heavy atom. The van der Waals surface area contributed by atoms with E-state index in [0.717, 1.165) is 19.3 Å². The summed E-state index contributed by atoms with van der Waals surface area (Å²) in [5.74, 6) is 0. The van der Waals surface area contributed by atoms with Crippen LogP contribution in [0.25, 0.3) is 0 Å². The van der Waals surface area contributed by atoms with Crippen LogP contribution in [0.4, 0.5) is 0 Å². The van der Waals surface area contributed by atoms with Gasteiger partial charge in [0.15, 0.2) is 0 Å². The second kappa shape index (κ2) is 9.01. The first-order valence-corrected chi connectivity index (χ1v) is 5.19. The fourth-order valence-corrected chi connectivity index (χ4v) is 1.32. The molecule has 0 spiro atoms. The van der Waals surface area contributed by atoms with Crippen molar-refractivity contribution in [2.24, 2.45) is 5.73 Å². The van der Waals surface area contributed by atoms with Crippen molar-refractivity contribution in [2.75, 3.05) is 6.54 Å². The minimum Gasteiger partial charge on any atom is -0.393 e. The van der Waals surface area contributed by atoms with Crippen LogP contribution in [0.15, 0.2) is 0 Å². The van der Waals surface area contributed by atoms with Crippen molar-refractivity contribution >= 4 is 0 Å². The molecule has 0 heterocycles. The Morgan fingerprint density at radius 2 is 1.75 bits per heavy atom. The molecular weight excluding hydrogens is 150 g/mol. The predicted octanol–water partition coefficient (Wildman–Crippen LogP) is 2.06. The number of rotatable bonds is 8. The number of aliphatic hydroxyl groups excluding tert-OH is 1. The van der Waals surface area contributed by atoms with Gasteiger partial charge in [-0.05, 0) is 19.4 Å². The van der Waals surface area contributed by atoms with Crippen LogP contribution in [0.5, 0.6) is 0 Å². The van der Waals surface area contributed by atoms with Crippen LogP contribution in [0.2, 0.25) is 0 Å². The van der Waals surface area contributed by atoms with Gasteiger partial charge in [0.2, 0.25) is 0 Å². The predicted molar refractivity (Wildman–Crippen MR) is 53.1 cm³/mol. The van der Waals surface area contributed by atoms with Gasteiger partial charge in [-0.2, -0.15) is 0 Å². The Morgan fingerprint density at radius 3 is 2.33 bits per heavy atom. The van der Waals surface area contributed by atoms with Crippen LogP contribution in [0.1, 0.15) is 51.9 Å². The zero-order valence-electron chi connectivity index (χ0n) is 8.26. The molecule has 0 aliphatic carbocycles. The van der Waals surface area contributed by atoms with E-state index in [0.29, 0.717) is 6.54 Å². The van der Waals surface area contributed by atoms with Crippen molar-refractivity contribution < 1.29 is 5.11 Å². The minimum absolute atomic E-state index is 0.156. The van der Waals surface area contributed by atoms with E-state index < -0.39 is 0 Å². The fourth-order valence-electron chi connectivity index (χ4n) is 1.32. The highest BCUT2D eigenvalue weighted by molar-refractivity contribution is 4.56. The van der Waals surface area contributed by atoms with Gasteiger partial charge in [0.1, 0.15) is 0 Å². The SMILES string of the molecule is CCCCCCC[C@@H](O)CCN. The van der Waals surface area contributed by atoms with E-state index in [1.54, 1.807) is 0 Å². The maximum atomic E-state index is 9.33. The van der Waals surface area contributed by atoms with Gasteiger partial charge in [0.25, 0.3) is 0 Å². The van der Waals surface area contributed by atoms with Crippen molar-refractivity contribution in [3.63, 3.8) is 0 Å². The lowest BCUT2D eigenvalue weighted by atomic mass is 10.1. The number of hydrogen-bond acceptors (Lipinski definition) is 2. The molecule has 0 aromatic heterocycles.